The van der Waals surface area contributed by atoms with Gasteiger partial charge in [-0.3, -0.25) is 0 Å². The molecule has 4 heteroatoms. The number of unbranched alkanes of at least 4 members (excludes halogenated alkanes) is 5. The fraction of sp³-hybridized carbons (Fsp3) is 0.727. The van der Waals surface area contributed by atoms with E-state index in [0.29, 0.717) is 6.61 Å². The highest BCUT2D eigenvalue weighted by Gasteiger charge is 1.86. The smallest absolute Gasteiger partial charge is 0.450 e. The van der Waals surface area contributed by atoms with Gasteiger partial charge in [-0.25, -0.2) is 4.79 Å². The van der Waals surface area contributed by atoms with E-state index in [1.165, 1.54) is 32.1 Å². The Labute approximate surface area is 92.3 Å². The van der Waals surface area contributed by atoms with Crippen molar-refractivity contribution in [3.05, 3.63) is 13.2 Å². The number of rotatable bonds is 6. The lowest BCUT2D eigenvalue weighted by molar-refractivity contribution is 0.137. The number of carbonyl (C=O) groups is 1. The average molecular weight is 220 g/mol. The fourth-order valence-corrected chi connectivity index (χ4v) is 0.892. The van der Waals surface area contributed by atoms with E-state index < -0.39 is 6.16 Å². The third-order valence-corrected chi connectivity index (χ3v) is 1.51. The van der Waals surface area contributed by atoms with Crippen molar-refractivity contribution >= 4 is 6.16 Å². The quantitative estimate of drug-likeness (QED) is 0.473. The van der Waals surface area contributed by atoms with E-state index in [1.54, 1.807) is 0 Å². The molecule has 0 bridgehead atoms. The minimum Gasteiger partial charge on any atom is -0.450 e. The molecule has 15 heavy (non-hydrogen) atoms. The van der Waals surface area contributed by atoms with E-state index in [0.717, 1.165) is 6.42 Å². The van der Waals surface area contributed by atoms with Crippen LogP contribution < -0.4 is 0 Å². The van der Waals surface area contributed by atoms with Gasteiger partial charge in [0.05, 0.1) is 0 Å². The Kier molecular flexibility index (Phi) is 30.1. The Morgan fingerprint density at radius 1 is 1.00 bits per heavy atom. The molecular formula is C11H24O4. The van der Waals surface area contributed by atoms with Crippen molar-refractivity contribution in [1.29, 1.82) is 0 Å². The van der Waals surface area contributed by atoms with Crippen LogP contribution in [0.15, 0.2) is 13.2 Å². The number of aliphatic hydroxyl groups excluding tert-OH is 1. The largest absolute Gasteiger partial charge is 0.503 e. The summed E-state index contributed by atoms with van der Waals surface area (Å²) in [4.78, 5) is 8.56. The zero-order valence-electron chi connectivity index (χ0n) is 9.61. The molecule has 0 aliphatic heterocycles. The molecule has 4 nitrogen and oxygen atoms in total. The molecular weight excluding hydrogens is 196 g/mol. The second-order valence-corrected chi connectivity index (χ2v) is 2.77. The Balaban J connectivity index is -0.000000202. The topological polar surface area (TPSA) is 77.8 Å². The molecule has 0 rings (SSSR count). The van der Waals surface area contributed by atoms with Gasteiger partial charge in [0.1, 0.15) is 0 Å². The molecule has 0 spiro atoms. The molecule has 0 aliphatic carbocycles. The second-order valence-electron chi connectivity index (χ2n) is 2.77. The van der Waals surface area contributed by atoms with Crippen LogP contribution in [-0.2, 0) is 0 Å². The number of hydrogen-bond donors (Lipinski definition) is 3. The van der Waals surface area contributed by atoms with Gasteiger partial charge in [-0.2, -0.15) is 0 Å². The molecule has 0 aromatic rings. The van der Waals surface area contributed by atoms with Crippen LogP contribution in [0.25, 0.3) is 0 Å². The van der Waals surface area contributed by atoms with Crippen LogP contribution in [0, 0.1) is 0 Å². The van der Waals surface area contributed by atoms with E-state index in [-0.39, 0.29) is 0 Å². The summed E-state index contributed by atoms with van der Waals surface area (Å²) >= 11 is 0. The van der Waals surface area contributed by atoms with Gasteiger partial charge in [0.15, 0.2) is 0 Å². The molecule has 0 saturated heterocycles. The van der Waals surface area contributed by atoms with Gasteiger partial charge in [-0.05, 0) is 6.42 Å². The maximum absolute atomic E-state index is 8.56. The van der Waals surface area contributed by atoms with Crippen LogP contribution in [0.4, 0.5) is 4.79 Å². The maximum atomic E-state index is 8.56. The molecule has 0 aromatic heterocycles. The predicted octanol–water partition coefficient (Wildman–Crippen LogP) is 3.36. The van der Waals surface area contributed by atoms with Crippen LogP contribution in [-0.4, -0.2) is 28.1 Å². The number of hydrogen-bond acceptors (Lipinski definition) is 2. The highest BCUT2D eigenvalue weighted by molar-refractivity contribution is 5.53. The van der Waals surface area contributed by atoms with Gasteiger partial charge in [0.25, 0.3) is 0 Å². The highest BCUT2D eigenvalue weighted by Crippen LogP contribution is 2.03. The van der Waals surface area contributed by atoms with Crippen LogP contribution in [0.5, 0.6) is 0 Å². The third kappa shape index (κ3) is 63.2. The molecule has 0 unspecified atom stereocenters. The summed E-state index contributed by atoms with van der Waals surface area (Å²) in [5.41, 5.74) is 0. The lowest BCUT2D eigenvalue weighted by Gasteiger charge is -1.95. The molecule has 0 heterocycles. The molecule has 92 valence electrons. The van der Waals surface area contributed by atoms with Crippen molar-refractivity contribution in [2.75, 3.05) is 6.61 Å². The first-order chi connectivity index (χ1) is 7.15. The molecule has 0 aromatic carbocycles. The van der Waals surface area contributed by atoms with E-state index in [9.17, 15) is 0 Å². The second kappa shape index (κ2) is 23.1. The van der Waals surface area contributed by atoms with Crippen LogP contribution >= 0.6 is 0 Å². The fourth-order valence-electron chi connectivity index (χ4n) is 0.892. The Bertz CT molecular complexity index is 105. The van der Waals surface area contributed by atoms with Crippen molar-refractivity contribution in [3.8, 4) is 0 Å². The van der Waals surface area contributed by atoms with E-state index in [2.05, 4.69) is 20.1 Å². The molecule has 0 aliphatic rings. The van der Waals surface area contributed by atoms with E-state index >= 15 is 0 Å². The van der Waals surface area contributed by atoms with Gasteiger partial charge in [-0.15, -0.1) is 13.2 Å². The van der Waals surface area contributed by atoms with Gasteiger partial charge in [0.2, 0.25) is 0 Å². The molecule has 0 radical (unpaired) electrons. The lowest BCUT2D eigenvalue weighted by atomic mass is 10.1. The summed E-state index contributed by atoms with van der Waals surface area (Å²) in [5.74, 6) is 0. The number of carboxylic acid groups (broad SMARTS) is 2. The number of aliphatic hydroxyl groups is 1. The normalized spacial score (nSPS) is 7.87. The average Bonchev–Trinajstić information content (AvgIpc) is 2.20. The Hall–Kier alpha value is -1.03. The van der Waals surface area contributed by atoms with E-state index in [4.69, 9.17) is 20.1 Å². The van der Waals surface area contributed by atoms with Crippen LogP contribution in [0.3, 0.4) is 0 Å². The SMILES string of the molecule is C=C.CCCCCCCCO.O=C(O)O. The van der Waals surface area contributed by atoms with Gasteiger partial charge >= 0.3 is 6.16 Å². The minimum absolute atomic E-state index is 0.367. The zero-order valence-corrected chi connectivity index (χ0v) is 9.61. The van der Waals surface area contributed by atoms with Crippen molar-refractivity contribution < 1.29 is 20.1 Å². The molecule has 0 amide bonds. The first-order valence-electron chi connectivity index (χ1n) is 5.17. The van der Waals surface area contributed by atoms with Crippen molar-refractivity contribution in [2.24, 2.45) is 0 Å². The standard InChI is InChI=1S/C8H18O.C2H4.CH2O3/c1-2-3-4-5-6-7-8-9;1-2;2-1(3)4/h9H,2-8H2,1H3;1-2H2;(H2,2,3,4). The maximum Gasteiger partial charge on any atom is 0.503 e. The summed E-state index contributed by atoms with van der Waals surface area (Å²) in [5, 5.41) is 22.4. The molecule has 3 N–H and O–H groups in total. The highest BCUT2D eigenvalue weighted by atomic mass is 16.6. The van der Waals surface area contributed by atoms with Gasteiger partial charge < -0.3 is 15.3 Å². The lowest BCUT2D eigenvalue weighted by Crippen LogP contribution is -1.82. The van der Waals surface area contributed by atoms with Crippen LogP contribution in [0.2, 0.25) is 0 Å². The summed E-state index contributed by atoms with van der Waals surface area (Å²) in [6.45, 7) is 8.58. The molecule has 0 atom stereocenters. The Morgan fingerprint density at radius 3 is 1.67 bits per heavy atom. The summed E-state index contributed by atoms with van der Waals surface area (Å²) in [6, 6.07) is 0. The molecule has 0 saturated carbocycles. The van der Waals surface area contributed by atoms with Gasteiger partial charge in [-0.1, -0.05) is 39.0 Å². The van der Waals surface area contributed by atoms with Crippen molar-refractivity contribution in [3.63, 3.8) is 0 Å². The summed E-state index contributed by atoms with van der Waals surface area (Å²) in [6.07, 6.45) is 5.66. The molecule has 0 fully saturated rings. The van der Waals surface area contributed by atoms with Crippen molar-refractivity contribution in [1.82, 2.24) is 0 Å². The first-order valence-corrected chi connectivity index (χ1v) is 5.17. The van der Waals surface area contributed by atoms with Gasteiger partial charge in [0, 0.05) is 6.61 Å². The predicted molar refractivity (Wildman–Crippen MR) is 62.4 cm³/mol. The summed E-state index contributed by atoms with van der Waals surface area (Å²) < 4.78 is 0. The zero-order chi connectivity index (χ0) is 12.5. The monoisotopic (exact) mass is 220 g/mol. The first kappa shape index (κ1) is 19.5. The summed E-state index contributed by atoms with van der Waals surface area (Å²) in [7, 11) is 0. The minimum atomic E-state index is -1.83. The van der Waals surface area contributed by atoms with Crippen molar-refractivity contribution in [2.45, 2.75) is 45.4 Å². The van der Waals surface area contributed by atoms with E-state index in [1.807, 2.05) is 0 Å². The Morgan fingerprint density at radius 2 is 1.33 bits per heavy atom. The van der Waals surface area contributed by atoms with Crippen LogP contribution in [0.1, 0.15) is 45.4 Å². The third-order valence-electron chi connectivity index (χ3n) is 1.51.